The molecular weight excluding hydrogens is 401 g/mol. The molecule has 9 heteroatoms. The number of pyridine rings is 1. The van der Waals surface area contributed by atoms with Crippen LogP contribution in [0.25, 0.3) is 0 Å². The molecule has 1 aliphatic rings. The highest BCUT2D eigenvalue weighted by molar-refractivity contribution is 5.99. The van der Waals surface area contributed by atoms with Gasteiger partial charge < -0.3 is 20.3 Å². The van der Waals surface area contributed by atoms with Gasteiger partial charge in [0.1, 0.15) is 5.82 Å². The van der Waals surface area contributed by atoms with Gasteiger partial charge in [-0.05, 0) is 49.2 Å². The highest BCUT2D eigenvalue weighted by Crippen LogP contribution is 2.17. The normalized spacial score (nSPS) is 14.2. The minimum absolute atomic E-state index is 0.117. The van der Waals surface area contributed by atoms with Crippen molar-refractivity contribution in [1.29, 1.82) is 0 Å². The zero-order valence-electron chi connectivity index (χ0n) is 17.9. The average molecular weight is 429 g/mol. The first-order valence-electron chi connectivity index (χ1n) is 10.3. The number of rotatable bonds is 7. The zero-order valence-corrected chi connectivity index (χ0v) is 17.9. The summed E-state index contributed by atoms with van der Waals surface area (Å²) in [6, 6.07) is 7.38. The molecule has 0 saturated carbocycles. The molecule has 2 heterocycles. The number of ether oxygens (including phenoxy) is 1. The van der Waals surface area contributed by atoms with Crippen molar-refractivity contribution in [2.45, 2.75) is 19.8 Å². The maximum atomic E-state index is 14.0. The second kappa shape index (κ2) is 10.7. The van der Waals surface area contributed by atoms with Crippen LogP contribution in [-0.2, 0) is 11.2 Å². The minimum atomic E-state index is -0.480. The van der Waals surface area contributed by atoms with Crippen molar-refractivity contribution in [2.24, 2.45) is 0 Å². The lowest BCUT2D eigenvalue weighted by Crippen LogP contribution is -2.48. The summed E-state index contributed by atoms with van der Waals surface area (Å²) < 4.78 is 19.0. The molecule has 0 bridgehead atoms. The number of nitrogens with one attached hydrogen (secondary N) is 2. The Morgan fingerprint density at radius 1 is 1.10 bits per heavy atom. The summed E-state index contributed by atoms with van der Waals surface area (Å²) in [5.41, 5.74) is 1.72. The van der Waals surface area contributed by atoms with Gasteiger partial charge in [0.2, 0.25) is 11.8 Å². The smallest absolute Gasteiger partial charge is 0.323 e. The molecule has 1 aliphatic heterocycles. The summed E-state index contributed by atoms with van der Waals surface area (Å²) in [6.45, 7) is 5.70. The Morgan fingerprint density at radius 2 is 1.84 bits per heavy atom. The second-order valence-electron chi connectivity index (χ2n) is 7.47. The summed E-state index contributed by atoms with van der Waals surface area (Å²) >= 11 is 0. The van der Waals surface area contributed by atoms with Crippen LogP contribution >= 0.6 is 0 Å². The molecule has 0 aliphatic carbocycles. The van der Waals surface area contributed by atoms with Crippen LogP contribution in [0.3, 0.4) is 0 Å². The topological polar surface area (TPSA) is 86.8 Å². The van der Waals surface area contributed by atoms with Crippen LogP contribution in [0, 0.1) is 5.82 Å². The van der Waals surface area contributed by atoms with Crippen molar-refractivity contribution >= 4 is 23.3 Å². The number of carbonyl (C=O) groups excluding carboxylic acids is 2. The lowest BCUT2D eigenvalue weighted by Gasteiger charge is -2.34. The quantitative estimate of drug-likeness (QED) is 0.707. The number of anilines is 2. The Bertz CT molecular complexity index is 899. The lowest BCUT2D eigenvalue weighted by atomic mass is 10.1. The monoisotopic (exact) mass is 429 g/mol. The zero-order chi connectivity index (χ0) is 22.2. The average Bonchev–Trinajstić information content (AvgIpc) is 2.74. The molecule has 3 amide bonds. The van der Waals surface area contributed by atoms with E-state index in [0.29, 0.717) is 23.7 Å². The van der Waals surface area contributed by atoms with E-state index in [9.17, 15) is 14.0 Å². The molecule has 0 unspecified atom stereocenters. The van der Waals surface area contributed by atoms with Crippen LogP contribution in [0.4, 0.5) is 20.6 Å². The first-order valence-corrected chi connectivity index (χ1v) is 10.3. The summed E-state index contributed by atoms with van der Waals surface area (Å²) in [5, 5.41) is 5.31. The van der Waals surface area contributed by atoms with E-state index >= 15 is 0 Å². The standard InChI is InChI=1S/C22H28FN5O3/c1-16(29)28-10-8-27(9-11-28)7-3-4-17-12-18(23)14-20(13-17)26-22(30)25-19-5-6-21(31-2)24-15-19/h5-6,12-15H,3-4,7-11H2,1-2H3,(H2,25,26,30). The largest absolute Gasteiger partial charge is 0.481 e. The number of carbonyl (C=O) groups is 2. The number of aryl methyl sites for hydroxylation is 1. The number of nitrogens with zero attached hydrogens (tertiary/aromatic N) is 3. The fraction of sp³-hybridized carbons (Fsp3) is 0.409. The number of hydrogen-bond donors (Lipinski definition) is 2. The van der Waals surface area contributed by atoms with E-state index in [1.165, 1.54) is 25.4 Å². The Balaban J connectivity index is 1.48. The second-order valence-corrected chi connectivity index (χ2v) is 7.47. The van der Waals surface area contributed by atoms with Crippen molar-refractivity contribution in [3.8, 4) is 5.88 Å². The van der Waals surface area contributed by atoms with E-state index in [0.717, 1.165) is 44.7 Å². The third-order valence-electron chi connectivity index (χ3n) is 5.18. The molecule has 0 spiro atoms. The molecule has 2 N–H and O–H groups in total. The lowest BCUT2D eigenvalue weighted by molar-refractivity contribution is -0.130. The van der Waals surface area contributed by atoms with Crippen molar-refractivity contribution in [3.63, 3.8) is 0 Å². The summed E-state index contributed by atoms with van der Waals surface area (Å²) in [4.78, 5) is 31.8. The fourth-order valence-corrected chi connectivity index (χ4v) is 3.53. The summed E-state index contributed by atoms with van der Waals surface area (Å²) in [7, 11) is 1.51. The number of urea groups is 1. The SMILES string of the molecule is COc1ccc(NC(=O)Nc2cc(F)cc(CCCN3CCN(C(C)=O)CC3)c2)cn1. The number of hydrogen-bond acceptors (Lipinski definition) is 5. The third kappa shape index (κ3) is 6.92. The molecule has 1 saturated heterocycles. The van der Waals surface area contributed by atoms with Crippen molar-refractivity contribution in [2.75, 3.05) is 50.5 Å². The van der Waals surface area contributed by atoms with Crippen LogP contribution in [0.1, 0.15) is 18.9 Å². The first-order chi connectivity index (χ1) is 14.9. The molecule has 0 radical (unpaired) electrons. The fourth-order valence-electron chi connectivity index (χ4n) is 3.53. The molecule has 166 valence electrons. The molecule has 3 rings (SSSR count). The Morgan fingerprint density at radius 3 is 2.48 bits per heavy atom. The van der Waals surface area contributed by atoms with E-state index in [4.69, 9.17) is 4.74 Å². The molecule has 1 aromatic heterocycles. The minimum Gasteiger partial charge on any atom is -0.481 e. The summed E-state index contributed by atoms with van der Waals surface area (Å²) in [5.74, 6) is 0.169. The molecular formula is C22H28FN5O3. The highest BCUT2D eigenvalue weighted by atomic mass is 19.1. The van der Waals surface area contributed by atoms with Gasteiger partial charge in [-0.1, -0.05) is 0 Å². The number of methoxy groups -OCH3 is 1. The number of amides is 3. The van der Waals surface area contributed by atoms with Gasteiger partial charge in [-0.15, -0.1) is 0 Å². The number of halogens is 1. The Hall–Kier alpha value is -3.20. The number of piperazine rings is 1. The van der Waals surface area contributed by atoms with Crippen LogP contribution in [-0.4, -0.2) is 66.6 Å². The van der Waals surface area contributed by atoms with Gasteiger partial charge in [-0.25, -0.2) is 14.2 Å². The molecule has 0 atom stereocenters. The van der Waals surface area contributed by atoms with E-state index < -0.39 is 11.8 Å². The van der Waals surface area contributed by atoms with Crippen LogP contribution in [0.15, 0.2) is 36.5 Å². The van der Waals surface area contributed by atoms with Gasteiger partial charge in [0.05, 0.1) is 19.0 Å². The van der Waals surface area contributed by atoms with Crippen molar-refractivity contribution in [3.05, 3.63) is 47.9 Å². The maximum Gasteiger partial charge on any atom is 0.323 e. The molecule has 31 heavy (non-hydrogen) atoms. The van der Waals surface area contributed by atoms with Gasteiger partial charge in [-0.3, -0.25) is 9.69 Å². The van der Waals surface area contributed by atoms with E-state index in [1.807, 2.05) is 4.90 Å². The van der Waals surface area contributed by atoms with Crippen LogP contribution in [0.2, 0.25) is 0 Å². The number of aromatic nitrogens is 1. The van der Waals surface area contributed by atoms with Crippen LogP contribution in [0.5, 0.6) is 5.88 Å². The van der Waals surface area contributed by atoms with Crippen molar-refractivity contribution < 1.29 is 18.7 Å². The number of benzene rings is 1. The Kier molecular flexibility index (Phi) is 7.77. The predicted molar refractivity (Wildman–Crippen MR) is 117 cm³/mol. The van der Waals surface area contributed by atoms with Gasteiger partial charge >= 0.3 is 6.03 Å². The Labute approximate surface area is 181 Å². The van der Waals surface area contributed by atoms with Gasteiger partial charge in [0, 0.05) is 44.9 Å². The van der Waals surface area contributed by atoms with Crippen molar-refractivity contribution in [1.82, 2.24) is 14.8 Å². The molecule has 1 fully saturated rings. The predicted octanol–water partition coefficient (Wildman–Crippen LogP) is 2.97. The van der Waals surface area contributed by atoms with Gasteiger partial charge in [0.25, 0.3) is 0 Å². The van der Waals surface area contributed by atoms with E-state index in [1.54, 1.807) is 25.1 Å². The van der Waals surface area contributed by atoms with E-state index in [2.05, 4.69) is 20.5 Å². The molecule has 2 aromatic rings. The molecule has 8 nitrogen and oxygen atoms in total. The third-order valence-corrected chi connectivity index (χ3v) is 5.18. The first kappa shape index (κ1) is 22.5. The highest BCUT2D eigenvalue weighted by Gasteiger charge is 2.18. The summed E-state index contributed by atoms with van der Waals surface area (Å²) in [6.07, 6.45) is 3.04. The van der Waals surface area contributed by atoms with Gasteiger partial charge in [-0.2, -0.15) is 0 Å². The van der Waals surface area contributed by atoms with Gasteiger partial charge in [0.15, 0.2) is 0 Å². The molecule has 1 aromatic carbocycles. The maximum absolute atomic E-state index is 14.0. The van der Waals surface area contributed by atoms with Crippen LogP contribution < -0.4 is 15.4 Å². The van der Waals surface area contributed by atoms with E-state index in [-0.39, 0.29) is 5.91 Å².